The lowest BCUT2D eigenvalue weighted by molar-refractivity contribution is -0.0120. The van der Waals surface area contributed by atoms with E-state index in [1.165, 1.54) is 12.2 Å². The molecular formula is C19H30IN7OS. The Morgan fingerprint density at radius 3 is 2.90 bits per heavy atom. The molecular weight excluding hydrogens is 501 g/mol. The van der Waals surface area contributed by atoms with E-state index in [1.54, 1.807) is 0 Å². The summed E-state index contributed by atoms with van der Waals surface area (Å²) < 4.78 is 7.55. The van der Waals surface area contributed by atoms with Gasteiger partial charge in [-0.25, -0.2) is 4.99 Å². The van der Waals surface area contributed by atoms with Gasteiger partial charge in [0.1, 0.15) is 6.54 Å². The molecule has 2 aromatic heterocycles. The molecule has 0 radical (unpaired) electrons. The second kappa shape index (κ2) is 10.8. The summed E-state index contributed by atoms with van der Waals surface area (Å²) in [5.41, 5.74) is 1.03. The zero-order valence-electron chi connectivity index (χ0n) is 16.8. The molecule has 4 rings (SSSR count). The first-order valence-corrected chi connectivity index (χ1v) is 11.2. The summed E-state index contributed by atoms with van der Waals surface area (Å²) in [5.74, 6) is 4.05. The van der Waals surface area contributed by atoms with Crippen LogP contribution in [0.4, 0.5) is 0 Å². The number of fused-ring (bicyclic) bond motifs is 1. The zero-order chi connectivity index (χ0) is 19.2. The van der Waals surface area contributed by atoms with Crippen molar-refractivity contribution in [3.05, 3.63) is 30.2 Å². The van der Waals surface area contributed by atoms with E-state index >= 15 is 0 Å². The lowest BCUT2D eigenvalue weighted by Crippen LogP contribution is -2.60. The van der Waals surface area contributed by atoms with Gasteiger partial charge < -0.3 is 15.4 Å². The largest absolute Gasteiger partial charge is 0.379 e. The van der Waals surface area contributed by atoms with Crippen molar-refractivity contribution in [1.29, 1.82) is 0 Å². The highest BCUT2D eigenvalue weighted by Crippen LogP contribution is 2.33. The molecule has 0 aliphatic carbocycles. The van der Waals surface area contributed by atoms with Crippen LogP contribution in [-0.4, -0.2) is 81.9 Å². The highest BCUT2D eigenvalue weighted by molar-refractivity contribution is 14.0. The van der Waals surface area contributed by atoms with Gasteiger partial charge in [-0.05, 0) is 31.2 Å². The van der Waals surface area contributed by atoms with Gasteiger partial charge in [0.25, 0.3) is 0 Å². The fourth-order valence-electron chi connectivity index (χ4n) is 3.87. The van der Waals surface area contributed by atoms with Crippen molar-refractivity contribution in [2.24, 2.45) is 4.99 Å². The first-order valence-electron chi connectivity index (χ1n) is 10.0. The molecule has 2 N–H and O–H groups in total. The van der Waals surface area contributed by atoms with Gasteiger partial charge in [-0.3, -0.25) is 9.30 Å². The number of aromatic nitrogens is 3. The number of morpholine rings is 1. The molecule has 0 saturated carbocycles. The molecule has 8 nitrogen and oxygen atoms in total. The molecule has 160 valence electrons. The monoisotopic (exact) mass is 531 g/mol. The Bertz CT molecular complexity index is 803. The van der Waals surface area contributed by atoms with Gasteiger partial charge >= 0.3 is 0 Å². The molecule has 2 saturated heterocycles. The van der Waals surface area contributed by atoms with Crippen LogP contribution in [0.3, 0.4) is 0 Å². The van der Waals surface area contributed by atoms with Crippen molar-refractivity contribution in [1.82, 2.24) is 30.1 Å². The molecule has 0 spiro atoms. The third-order valence-electron chi connectivity index (χ3n) is 5.46. The van der Waals surface area contributed by atoms with Crippen LogP contribution in [0.5, 0.6) is 0 Å². The van der Waals surface area contributed by atoms with Crippen molar-refractivity contribution < 1.29 is 4.74 Å². The van der Waals surface area contributed by atoms with Crippen LogP contribution in [0.2, 0.25) is 0 Å². The predicted molar refractivity (Wildman–Crippen MR) is 128 cm³/mol. The fraction of sp³-hybridized carbons (Fsp3) is 0.632. The highest BCUT2D eigenvalue weighted by Gasteiger charge is 2.40. The number of guanidine groups is 1. The average Bonchev–Trinajstić information content (AvgIpc) is 3.39. The second-order valence-electron chi connectivity index (χ2n) is 7.22. The number of ether oxygens (including phenoxy) is 1. The van der Waals surface area contributed by atoms with Crippen LogP contribution >= 0.6 is 35.7 Å². The number of nitrogens with one attached hydrogen (secondary N) is 2. The van der Waals surface area contributed by atoms with Crippen molar-refractivity contribution in [3.63, 3.8) is 0 Å². The van der Waals surface area contributed by atoms with Crippen LogP contribution in [0.15, 0.2) is 29.4 Å². The van der Waals surface area contributed by atoms with Gasteiger partial charge in [0.05, 0.1) is 13.2 Å². The smallest absolute Gasteiger partial charge is 0.191 e. The van der Waals surface area contributed by atoms with E-state index in [1.807, 2.05) is 40.6 Å². The van der Waals surface area contributed by atoms with Crippen molar-refractivity contribution >= 4 is 47.3 Å². The Balaban J connectivity index is 0.00000240. The van der Waals surface area contributed by atoms with E-state index in [4.69, 9.17) is 9.73 Å². The first-order chi connectivity index (χ1) is 13.8. The maximum absolute atomic E-state index is 5.56. The summed E-state index contributed by atoms with van der Waals surface area (Å²) in [5, 5.41) is 15.4. The average molecular weight is 531 g/mol. The number of hydrogen-bond acceptors (Lipinski definition) is 6. The fourth-order valence-corrected chi connectivity index (χ4v) is 5.35. The third-order valence-corrected chi connectivity index (χ3v) is 6.69. The Hall–Kier alpha value is -1.11. The summed E-state index contributed by atoms with van der Waals surface area (Å²) in [4.78, 5) is 7.37. The normalized spacial score (nSPS) is 23.1. The summed E-state index contributed by atoms with van der Waals surface area (Å²) in [6.07, 6.45) is 3.18. The van der Waals surface area contributed by atoms with Crippen molar-refractivity contribution in [3.8, 4) is 0 Å². The Morgan fingerprint density at radius 2 is 2.14 bits per heavy atom. The third kappa shape index (κ3) is 5.33. The van der Waals surface area contributed by atoms with E-state index in [2.05, 4.69) is 32.7 Å². The lowest BCUT2D eigenvalue weighted by Gasteiger charge is -2.43. The van der Waals surface area contributed by atoms with Crippen LogP contribution in [-0.2, 0) is 11.3 Å². The Morgan fingerprint density at radius 1 is 1.28 bits per heavy atom. The molecule has 10 heteroatoms. The molecule has 2 aliphatic heterocycles. The van der Waals surface area contributed by atoms with Crippen molar-refractivity contribution in [2.45, 2.75) is 25.4 Å². The van der Waals surface area contributed by atoms with E-state index in [0.717, 1.165) is 62.6 Å². The molecule has 4 heterocycles. The van der Waals surface area contributed by atoms with E-state index in [0.29, 0.717) is 6.54 Å². The number of thioether (sulfide) groups is 1. The molecule has 0 bridgehead atoms. The number of aliphatic imine (C=N–C) groups is 1. The van der Waals surface area contributed by atoms with Gasteiger partial charge in [0.15, 0.2) is 17.4 Å². The predicted octanol–water partition coefficient (Wildman–Crippen LogP) is 1.61. The maximum atomic E-state index is 5.56. The molecule has 0 aromatic carbocycles. The van der Waals surface area contributed by atoms with E-state index < -0.39 is 0 Å². The highest BCUT2D eigenvalue weighted by atomic mass is 127. The number of halogens is 1. The van der Waals surface area contributed by atoms with Crippen LogP contribution < -0.4 is 10.6 Å². The molecule has 0 amide bonds. The van der Waals surface area contributed by atoms with Gasteiger partial charge in [-0.1, -0.05) is 6.07 Å². The van der Waals surface area contributed by atoms with Crippen LogP contribution in [0, 0.1) is 0 Å². The minimum atomic E-state index is 0. The van der Waals surface area contributed by atoms with Crippen molar-refractivity contribution in [2.75, 3.05) is 50.9 Å². The van der Waals surface area contributed by atoms with Crippen LogP contribution in [0.25, 0.3) is 5.65 Å². The van der Waals surface area contributed by atoms with Gasteiger partial charge in [-0.15, -0.1) is 34.2 Å². The number of hydrogen-bond donors (Lipinski definition) is 2. The van der Waals surface area contributed by atoms with E-state index in [9.17, 15) is 0 Å². The Kier molecular flexibility index (Phi) is 8.39. The van der Waals surface area contributed by atoms with Crippen LogP contribution in [0.1, 0.15) is 19.2 Å². The maximum Gasteiger partial charge on any atom is 0.191 e. The number of nitrogens with zero attached hydrogens (tertiary/aromatic N) is 5. The summed E-state index contributed by atoms with van der Waals surface area (Å²) in [6.45, 7) is 8.00. The lowest BCUT2D eigenvalue weighted by atomic mass is 9.95. The van der Waals surface area contributed by atoms with Gasteiger partial charge in [0, 0.05) is 43.7 Å². The molecule has 2 aromatic rings. The van der Waals surface area contributed by atoms with Gasteiger partial charge in [0.2, 0.25) is 0 Å². The minimum absolute atomic E-state index is 0. The summed E-state index contributed by atoms with van der Waals surface area (Å²) in [6, 6.07) is 5.90. The molecule has 29 heavy (non-hydrogen) atoms. The van der Waals surface area contributed by atoms with Gasteiger partial charge in [-0.2, -0.15) is 11.8 Å². The standard InChI is InChI=1S/C19H29N7OS.HI/c1-2-20-18(21-13-17-24-23-16-5-3-4-7-26(16)17)22-14-19(6-12-28-15-19)25-8-10-27-11-9-25;/h3-5,7H,2,6,8-15H2,1H3,(H2,20,21,22);1H. The van der Waals surface area contributed by atoms with E-state index in [-0.39, 0.29) is 29.5 Å². The SMILES string of the molecule is CCNC(=NCc1nnc2ccccn12)NCC1(N2CCOCC2)CCSC1.I. The summed E-state index contributed by atoms with van der Waals surface area (Å²) >= 11 is 2.05. The minimum Gasteiger partial charge on any atom is -0.379 e. The molecule has 1 atom stereocenters. The quantitative estimate of drug-likeness (QED) is 0.333. The topological polar surface area (TPSA) is 79.1 Å². The molecule has 2 fully saturated rings. The molecule has 1 unspecified atom stereocenters. The summed E-state index contributed by atoms with van der Waals surface area (Å²) in [7, 11) is 0. The number of rotatable bonds is 6. The second-order valence-corrected chi connectivity index (χ2v) is 8.33. The zero-order valence-corrected chi connectivity index (χ0v) is 20.0. The first kappa shape index (κ1) is 22.6. The molecule has 2 aliphatic rings. The number of pyridine rings is 1. The Labute approximate surface area is 193 Å².